The van der Waals surface area contributed by atoms with E-state index in [-0.39, 0.29) is 17.4 Å². The van der Waals surface area contributed by atoms with Crippen molar-refractivity contribution in [2.24, 2.45) is 17.1 Å². The molecule has 3 N–H and O–H groups in total. The zero-order chi connectivity index (χ0) is 13.2. The van der Waals surface area contributed by atoms with Crippen molar-refractivity contribution < 1.29 is 9.90 Å². The van der Waals surface area contributed by atoms with E-state index in [9.17, 15) is 9.90 Å². The lowest BCUT2D eigenvalue weighted by Crippen LogP contribution is -2.50. The Hall–Kier alpha value is -0.610. The van der Waals surface area contributed by atoms with Gasteiger partial charge in [-0.15, -0.1) is 0 Å². The highest BCUT2D eigenvalue weighted by Gasteiger charge is 2.43. The van der Waals surface area contributed by atoms with E-state index < -0.39 is 0 Å². The fraction of sp³-hybridized carbons (Fsp3) is 0.929. The van der Waals surface area contributed by atoms with E-state index in [2.05, 4.69) is 0 Å². The molecule has 1 saturated carbocycles. The van der Waals surface area contributed by atoms with E-state index in [1.165, 1.54) is 0 Å². The Morgan fingerprint density at radius 3 is 2.39 bits per heavy atom. The number of aliphatic hydroxyl groups is 1. The molecule has 1 atom stereocenters. The number of nitrogens with zero attached hydrogens (tertiary/aromatic N) is 1. The Kier molecular flexibility index (Phi) is 4.28. The lowest BCUT2D eigenvalue weighted by molar-refractivity contribution is -0.143. The molecule has 4 heteroatoms. The number of piperidine rings is 1. The van der Waals surface area contributed by atoms with Gasteiger partial charge in [0.1, 0.15) is 0 Å². The minimum atomic E-state index is -0.266. The van der Waals surface area contributed by atoms with Crippen molar-refractivity contribution >= 4 is 5.91 Å². The van der Waals surface area contributed by atoms with Crippen molar-refractivity contribution in [3.8, 4) is 0 Å². The van der Waals surface area contributed by atoms with Crippen LogP contribution in [0.3, 0.4) is 0 Å². The second kappa shape index (κ2) is 5.57. The number of carbonyl (C=O) groups is 1. The molecule has 1 amide bonds. The number of likely N-dealkylation sites (tertiary alicyclic amines) is 1. The molecule has 1 saturated heterocycles. The number of amides is 1. The highest BCUT2D eigenvalue weighted by Crippen LogP contribution is 2.39. The van der Waals surface area contributed by atoms with Crippen molar-refractivity contribution in [2.75, 3.05) is 19.6 Å². The molecule has 104 valence electrons. The predicted octanol–water partition coefficient (Wildman–Crippen LogP) is 1.12. The first-order valence-corrected chi connectivity index (χ1v) is 7.26. The van der Waals surface area contributed by atoms with E-state index >= 15 is 0 Å². The van der Waals surface area contributed by atoms with E-state index in [1.807, 2.05) is 11.8 Å². The van der Waals surface area contributed by atoms with Crippen LogP contribution in [-0.2, 0) is 4.79 Å². The molecule has 0 aromatic rings. The highest BCUT2D eigenvalue weighted by molar-refractivity contribution is 5.83. The smallest absolute Gasteiger partial charge is 0.230 e. The van der Waals surface area contributed by atoms with Gasteiger partial charge in [-0.3, -0.25) is 4.79 Å². The van der Waals surface area contributed by atoms with Crippen molar-refractivity contribution in [3.63, 3.8) is 0 Å². The van der Waals surface area contributed by atoms with E-state index in [0.717, 1.165) is 51.6 Å². The molecule has 0 radical (unpaired) electrons. The molecule has 4 nitrogen and oxygen atoms in total. The molecular weight excluding hydrogens is 228 g/mol. The van der Waals surface area contributed by atoms with Crippen molar-refractivity contribution in [1.29, 1.82) is 0 Å². The van der Waals surface area contributed by atoms with Gasteiger partial charge in [0, 0.05) is 19.6 Å². The fourth-order valence-electron chi connectivity index (χ4n) is 3.48. The third kappa shape index (κ3) is 2.54. The van der Waals surface area contributed by atoms with Crippen molar-refractivity contribution in [1.82, 2.24) is 4.90 Å². The van der Waals surface area contributed by atoms with E-state index in [4.69, 9.17) is 5.73 Å². The van der Waals surface area contributed by atoms with Gasteiger partial charge < -0.3 is 15.7 Å². The maximum atomic E-state index is 12.6. The van der Waals surface area contributed by atoms with Crippen LogP contribution in [0.5, 0.6) is 0 Å². The largest absolute Gasteiger partial charge is 0.393 e. The molecule has 1 unspecified atom stereocenters. The normalized spacial score (nSPS) is 26.3. The molecule has 0 aromatic heterocycles. The SMILES string of the molecule is CC(O)C1CCN(C(=O)C2(CN)CCCC2)CC1. The van der Waals surface area contributed by atoms with Gasteiger partial charge in [0.2, 0.25) is 5.91 Å². The number of rotatable bonds is 3. The zero-order valence-corrected chi connectivity index (χ0v) is 11.4. The molecule has 1 aliphatic heterocycles. The maximum Gasteiger partial charge on any atom is 0.230 e. The Balaban J connectivity index is 1.94. The van der Waals surface area contributed by atoms with Crippen LogP contribution in [0.15, 0.2) is 0 Å². The average molecular weight is 254 g/mol. The quantitative estimate of drug-likeness (QED) is 0.793. The second-order valence-electron chi connectivity index (χ2n) is 6.06. The molecule has 1 heterocycles. The number of aliphatic hydroxyl groups excluding tert-OH is 1. The van der Waals surface area contributed by atoms with Crippen LogP contribution in [0.4, 0.5) is 0 Å². The number of hydrogen-bond donors (Lipinski definition) is 2. The van der Waals surface area contributed by atoms with Gasteiger partial charge in [0.15, 0.2) is 0 Å². The third-order valence-electron chi connectivity index (χ3n) is 4.91. The number of carbonyl (C=O) groups excluding carboxylic acids is 1. The van der Waals surface area contributed by atoms with Crippen LogP contribution in [0.2, 0.25) is 0 Å². The molecule has 2 rings (SSSR count). The summed E-state index contributed by atoms with van der Waals surface area (Å²) in [5.74, 6) is 0.623. The first-order chi connectivity index (χ1) is 8.59. The van der Waals surface area contributed by atoms with Crippen LogP contribution in [0, 0.1) is 11.3 Å². The van der Waals surface area contributed by atoms with Gasteiger partial charge in [-0.2, -0.15) is 0 Å². The van der Waals surface area contributed by atoms with Crippen molar-refractivity contribution in [3.05, 3.63) is 0 Å². The average Bonchev–Trinajstić information content (AvgIpc) is 2.88. The molecule has 0 spiro atoms. The highest BCUT2D eigenvalue weighted by atomic mass is 16.3. The summed E-state index contributed by atoms with van der Waals surface area (Å²) in [6, 6.07) is 0. The third-order valence-corrected chi connectivity index (χ3v) is 4.91. The van der Waals surface area contributed by atoms with Gasteiger partial charge in [-0.1, -0.05) is 12.8 Å². The summed E-state index contributed by atoms with van der Waals surface area (Å²) >= 11 is 0. The Labute approximate surface area is 110 Å². The Morgan fingerprint density at radius 2 is 1.94 bits per heavy atom. The topological polar surface area (TPSA) is 66.6 Å². The van der Waals surface area contributed by atoms with Crippen LogP contribution >= 0.6 is 0 Å². The summed E-state index contributed by atoms with van der Waals surface area (Å²) in [6.07, 6.45) is 5.77. The summed E-state index contributed by atoms with van der Waals surface area (Å²) in [4.78, 5) is 14.6. The monoisotopic (exact) mass is 254 g/mol. The summed E-state index contributed by atoms with van der Waals surface area (Å²) in [5, 5.41) is 9.59. The fourth-order valence-corrected chi connectivity index (χ4v) is 3.48. The van der Waals surface area contributed by atoms with Gasteiger partial charge in [0.25, 0.3) is 0 Å². The summed E-state index contributed by atoms with van der Waals surface area (Å²) in [5.41, 5.74) is 5.60. The van der Waals surface area contributed by atoms with Gasteiger partial charge in [-0.05, 0) is 38.5 Å². The van der Waals surface area contributed by atoms with Gasteiger partial charge in [0.05, 0.1) is 11.5 Å². The summed E-state index contributed by atoms with van der Waals surface area (Å²) in [6.45, 7) is 3.91. The molecule has 0 aromatic carbocycles. The summed E-state index contributed by atoms with van der Waals surface area (Å²) in [7, 11) is 0. The molecule has 0 bridgehead atoms. The van der Waals surface area contributed by atoms with E-state index in [1.54, 1.807) is 0 Å². The van der Waals surface area contributed by atoms with Gasteiger partial charge >= 0.3 is 0 Å². The predicted molar refractivity (Wildman–Crippen MR) is 70.9 cm³/mol. The first-order valence-electron chi connectivity index (χ1n) is 7.26. The Morgan fingerprint density at radius 1 is 1.39 bits per heavy atom. The Bertz CT molecular complexity index is 290. The van der Waals surface area contributed by atoms with Crippen LogP contribution < -0.4 is 5.73 Å². The standard InChI is InChI=1S/C14H26N2O2/c1-11(17)12-4-8-16(9-5-12)13(18)14(10-15)6-2-3-7-14/h11-12,17H,2-10,15H2,1H3. The molecular formula is C14H26N2O2. The number of nitrogens with two attached hydrogens (primary N) is 1. The maximum absolute atomic E-state index is 12.6. The van der Waals surface area contributed by atoms with Crippen molar-refractivity contribution in [2.45, 2.75) is 51.6 Å². The second-order valence-corrected chi connectivity index (χ2v) is 6.06. The number of hydrogen-bond acceptors (Lipinski definition) is 3. The lowest BCUT2D eigenvalue weighted by atomic mass is 9.83. The van der Waals surface area contributed by atoms with E-state index in [0.29, 0.717) is 12.5 Å². The molecule has 18 heavy (non-hydrogen) atoms. The lowest BCUT2D eigenvalue weighted by Gasteiger charge is -2.38. The minimum Gasteiger partial charge on any atom is -0.393 e. The summed E-state index contributed by atoms with van der Waals surface area (Å²) < 4.78 is 0. The van der Waals surface area contributed by atoms with Gasteiger partial charge in [-0.25, -0.2) is 0 Å². The van der Waals surface area contributed by atoms with Crippen LogP contribution in [0.25, 0.3) is 0 Å². The zero-order valence-electron chi connectivity index (χ0n) is 11.4. The van der Waals surface area contributed by atoms with Crippen LogP contribution in [-0.4, -0.2) is 41.7 Å². The minimum absolute atomic E-state index is 0.253. The molecule has 2 fully saturated rings. The van der Waals surface area contributed by atoms with Crippen LogP contribution in [0.1, 0.15) is 45.4 Å². The molecule has 2 aliphatic rings. The first kappa shape index (κ1) is 13.8. The molecule has 1 aliphatic carbocycles.